The zero-order chi connectivity index (χ0) is 16.6. The molecule has 0 radical (unpaired) electrons. The molecule has 3 nitrogen and oxygen atoms in total. The smallest absolute Gasteiger partial charge is 0.0992 e. The van der Waals surface area contributed by atoms with E-state index in [2.05, 4.69) is 56.3 Å². The number of fused-ring (bicyclic) bond motifs is 1. The Morgan fingerprint density at radius 2 is 2.17 bits per heavy atom. The van der Waals surface area contributed by atoms with E-state index in [0.29, 0.717) is 11.8 Å². The molecule has 3 rings (SSSR count). The quantitative estimate of drug-likeness (QED) is 0.742. The lowest BCUT2D eigenvalue weighted by molar-refractivity contribution is 0.0364. The molecular formula is C20H30N2O. The van der Waals surface area contributed by atoms with Crippen molar-refractivity contribution >= 4 is 5.52 Å². The van der Waals surface area contributed by atoms with Gasteiger partial charge in [-0.2, -0.15) is 0 Å². The van der Waals surface area contributed by atoms with Gasteiger partial charge in [-0.3, -0.25) is 0 Å². The van der Waals surface area contributed by atoms with Gasteiger partial charge in [-0.15, -0.1) is 0 Å². The second kappa shape index (κ2) is 6.27. The minimum absolute atomic E-state index is 0.181. The molecule has 0 spiro atoms. The lowest BCUT2D eigenvalue weighted by Gasteiger charge is -2.38. The van der Waals surface area contributed by atoms with Gasteiger partial charge in [-0.1, -0.05) is 41.0 Å². The van der Waals surface area contributed by atoms with Crippen LogP contribution in [0, 0.1) is 11.3 Å². The third-order valence-corrected chi connectivity index (χ3v) is 5.94. The van der Waals surface area contributed by atoms with Gasteiger partial charge < -0.3 is 9.14 Å². The monoisotopic (exact) mass is 314 g/mol. The van der Waals surface area contributed by atoms with Crippen molar-refractivity contribution in [1.82, 2.24) is 9.38 Å². The molecule has 3 atom stereocenters. The van der Waals surface area contributed by atoms with Crippen molar-refractivity contribution in [2.45, 2.75) is 65.9 Å². The fourth-order valence-electron chi connectivity index (χ4n) is 4.57. The number of hydrogen-bond donors (Lipinski definition) is 0. The van der Waals surface area contributed by atoms with Crippen molar-refractivity contribution in [3.63, 3.8) is 0 Å². The van der Waals surface area contributed by atoms with Gasteiger partial charge in [0.15, 0.2) is 0 Å². The Morgan fingerprint density at radius 1 is 1.39 bits per heavy atom. The van der Waals surface area contributed by atoms with Crippen LogP contribution >= 0.6 is 0 Å². The summed E-state index contributed by atoms with van der Waals surface area (Å²) in [6.45, 7) is 12.4. The van der Waals surface area contributed by atoms with Crippen LogP contribution in [0.1, 0.15) is 77.0 Å². The van der Waals surface area contributed by atoms with Crippen LogP contribution in [0.2, 0.25) is 0 Å². The number of ether oxygens (including phenoxy) is 1. The summed E-state index contributed by atoms with van der Waals surface area (Å²) in [5.41, 5.74) is 4.24. The lowest BCUT2D eigenvalue weighted by Crippen LogP contribution is -2.30. The molecule has 1 unspecified atom stereocenters. The van der Waals surface area contributed by atoms with E-state index in [4.69, 9.17) is 4.74 Å². The Labute approximate surface area is 140 Å². The van der Waals surface area contributed by atoms with Crippen LogP contribution in [-0.2, 0) is 4.74 Å². The largest absolute Gasteiger partial charge is 0.373 e. The number of nitrogens with zero attached hydrogens (tertiary/aromatic N) is 2. The highest BCUT2D eigenvalue weighted by atomic mass is 16.5. The lowest BCUT2D eigenvalue weighted by atomic mass is 9.66. The molecule has 1 aliphatic rings. The third-order valence-electron chi connectivity index (χ3n) is 5.94. The standard InChI is InChI=1S/C20H30N2O/c1-6-9-20(7-2)15(5)12-23-19(20)18-16(14(3)4)8-10-22-13-21-11-17(18)22/h8,10-11,13-15,19H,6-7,9,12H2,1-5H3/t15?,19-,20-/m1/s1. The molecule has 2 aromatic heterocycles. The minimum Gasteiger partial charge on any atom is -0.373 e. The van der Waals surface area contributed by atoms with Crippen molar-refractivity contribution in [3.05, 3.63) is 35.9 Å². The first-order chi connectivity index (χ1) is 11.0. The number of imidazole rings is 1. The van der Waals surface area contributed by atoms with E-state index in [1.54, 1.807) is 0 Å². The van der Waals surface area contributed by atoms with E-state index in [1.165, 1.54) is 35.9 Å². The van der Waals surface area contributed by atoms with Gasteiger partial charge in [0.1, 0.15) is 0 Å². The van der Waals surface area contributed by atoms with Crippen LogP contribution in [0.4, 0.5) is 0 Å². The first kappa shape index (κ1) is 16.5. The van der Waals surface area contributed by atoms with E-state index < -0.39 is 0 Å². The van der Waals surface area contributed by atoms with Crippen LogP contribution in [-0.4, -0.2) is 16.0 Å². The van der Waals surface area contributed by atoms with Crippen molar-refractivity contribution in [1.29, 1.82) is 0 Å². The molecular weight excluding hydrogens is 284 g/mol. The SMILES string of the molecule is CCC[C@]1(CC)C(C)CO[C@@H]1c1c(C(C)C)ccn2cncc12. The predicted octanol–water partition coefficient (Wildman–Crippen LogP) is 5.36. The van der Waals surface area contributed by atoms with Gasteiger partial charge in [0.25, 0.3) is 0 Å². The summed E-state index contributed by atoms with van der Waals surface area (Å²) >= 11 is 0. The van der Waals surface area contributed by atoms with E-state index in [1.807, 2.05) is 12.5 Å². The molecule has 1 fully saturated rings. The fraction of sp³-hybridized carbons (Fsp3) is 0.650. The van der Waals surface area contributed by atoms with Gasteiger partial charge in [-0.25, -0.2) is 4.98 Å². The second-order valence-electron chi connectivity index (χ2n) is 7.48. The second-order valence-corrected chi connectivity index (χ2v) is 7.48. The zero-order valence-electron chi connectivity index (χ0n) is 15.2. The van der Waals surface area contributed by atoms with Crippen LogP contribution < -0.4 is 0 Å². The Balaban J connectivity index is 2.21. The molecule has 0 aliphatic carbocycles. The topological polar surface area (TPSA) is 26.5 Å². The normalized spacial score (nSPS) is 28.1. The number of rotatable bonds is 5. The molecule has 126 valence electrons. The predicted molar refractivity (Wildman–Crippen MR) is 94.8 cm³/mol. The van der Waals surface area contributed by atoms with Crippen LogP contribution in [0.25, 0.3) is 5.52 Å². The molecule has 3 heterocycles. The molecule has 2 aromatic rings. The first-order valence-electron chi connectivity index (χ1n) is 9.11. The molecule has 1 saturated heterocycles. The number of hydrogen-bond acceptors (Lipinski definition) is 2. The summed E-state index contributed by atoms with van der Waals surface area (Å²) in [5.74, 6) is 1.08. The molecule has 1 aliphatic heterocycles. The number of aromatic nitrogens is 2. The van der Waals surface area contributed by atoms with Crippen LogP contribution in [0.3, 0.4) is 0 Å². The number of pyridine rings is 1. The van der Waals surface area contributed by atoms with Gasteiger partial charge >= 0.3 is 0 Å². The Kier molecular flexibility index (Phi) is 4.50. The van der Waals surface area contributed by atoms with Crippen LogP contribution in [0.5, 0.6) is 0 Å². The maximum absolute atomic E-state index is 6.44. The van der Waals surface area contributed by atoms with E-state index in [9.17, 15) is 0 Å². The summed E-state index contributed by atoms with van der Waals surface area (Å²) in [6, 6.07) is 2.26. The summed E-state index contributed by atoms with van der Waals surface area (Å²) in [7, 11) is 0. The summed E-state index contributed by atoms with van der Waals surface area (Å²) in [5, 5.41) is 0. The van der Waals surface area contributed by atoms with Gasteiger partial charge in [0.05, 0.1) is 30.8 Å². The minimum atomic E-state index is 0.181. The molecule has 0 amide bonds. The summed E-state index contributed by atoms with van der Waals surface area (Å²) in [4.78, 5) is 4.38. The zero-order valence-corrected chi connectivity index (χ0v) is 15.2. The molecule has 0 aromatic carbocycles. The first-order valence-corrected chi connectivity index (χ1v) is 9.11. The molecule has 0 bridgehead atoms. The van der Waals surface area contributed by atoms with E-state index in [-0.39, 0.29) is 11.5 Å². The third kappa shape index (κ3) is 2.50. The van der Waals surface area contributed by atoms with Crippen molar-refractivity contribution in [2.24, 2.45) is 11.3 Å². The highest BCUT2D eigenvalue weighted by Crippen LogP contribution is 2.55. The van der Waals surface area contributed by atoms with Gasteiger partial charge in [0, 0.05) is 17.2 Å². The Hall–Kier alpha value is -1.35. The molecule has 23 heavy (non-hydrogen) atoms. The van der Waals surface area contributed by atoms with E-state index >= 15 is 0 Å². The van der Waals surface area contributed by atoms with Gasteiger partial charge in [0.2, 0.25) is 0 Å². The van der Waals surface area contributed by atoms with E-state index in [0.717, 1.165) is 6.61 Å². The van der Waals surface area contributed by atoms with Gasteiger partial charge in [-0.05, 0) is 36.3 Å². The average molecular weight is 314 g/mol. The summed E-state index contributed by atoms with van der Waals surface area (Å²) in [6.07, 6.45) is 9.81. The molecule has 3 heteroatoms. The Morgan fingerprint density at radius 3 is 2.83 bits per heavy atom. The van der Waals surface area contributed by atoms with Crippen molar-refractivity contribution < 1.29 is 4.74 Å². The van der Waals surface area contributed by atoms with Crippen LogP contribution in [0.15, 0.2) is 24.8 Å². The fourth-order valence-corrected chi connectivity index (χ4v) is 4.57. The maximum Gasteiger partial charge on any atom is 0.0992 e. The van der Waals surface area contributed by atoms with Crippen molar-refractivity contribution in [2.75, 3.05) is 6.61 Å². The maximum atomic E-state index is 6.44. The highest BCUT2D eigenvalue weighted by Gasteiger charge is 2.49. The molecule has 0 saturated carbocycles. The average Bonchev–Trinajstić information content (AvgIpc) is 3.12. The molecule has 0 N–H and O–H groups in total. The van der Waals surface area contributed by atoms with Crippen molar-refractivity contribution in [3.8, 4) is 0 Å². The Bertz CT molecular complexity index is 675. The summed E-state index contributed by atoms with van der Waals surface area (Å²) < 4.78 is 8.58. The highest BCUT2D eigenvalue weighted by molar-refractivity contribution is 5.59.